The number of nitrogens with zero attached hydrogens (tertiary/aromatic N) is 4. The molecule has 4 aromatic rings. The van der Waals surface area contributed by atoms with Gasteiger partial charge in [0.25, 0.3) is 0 Å². The molecule has 0 unspecified atom stereocenters. The molecule has 0 saturated heterocycles. The van der Waals surface area contributed by atoms with E-state index in [0.717, 1.165) is 22.1 Å². The van der Waals surface area contributed by atoms with Crippen LogP contribution in [0.3, 0.4) is 0 Å². The fraction of sp³-hybridized carbons (Fsp3) is 0.0556. The van der Waals surface area contributed by atoms with Crippen molar-refractivity contribution >= 4 is 23.4 Å². The third-order valence-electron chi connectivity index (χ3n) is 3.52. The average Bonchev–Trinajstić information content (AvgIpc) is 3.30. The Labute approximate surface area is 153 Å². The van der Waals surface area contributed by atoms with Gasteiger partial charge in [-0.3, -0.25) is 4.57 Å². The summed E-state index contributed by atoms with van der Waals surface area (Å²) < 4.78 is 7.51. The summed E-state index contributed by atoms with van der Waals surface area (Å²) >= 11 is 7.57. The number of thioether (sulfide) groups is 1. The highest BCUT2D eigenvalue weighted by Gasteiger charge is 2.11. The minimum atomic E-state index is 0.558. The molecule has 0 aliphatic rings. The fourth-order valence-corrected chi connectivity index (χ4v) is 3.35. The largest absolute Gasteiger partial charge is 0.444 e. The lowest BCUT2D eigenvalue weighted by Gasteiger charge is -2.04. The zero-order valence-electron chi connectivity index (χ0n) is 13.0. The van der Waals surface area contributed by atoms with Crippen molar-refractivity contribution in [2.45, 2.75) is 10.9 Å². The van der Waals surface area contributed by atoms with Crippen LogP contribution in [-0.2, 0) is 5.75 Å². The SMILES string of the molecule is Clc1cccc(-c2nc(CSc3nncn3-c3ccccc3)co2)c1. The maximum atomic E-state index is 6.01. The standard InChI is InChI=1S/C18H13ClN4OS/c19-14-6-4-5-13(9-14)17-21-15(10-24-17)11-25-18-22-20-12-23(18)16-7-2-1-3-8-16/h1-10,12H,11H2. The van der Waals surface area contributed by atoms with Gasteiger partial charge in [0, 0.05) is 22.0 Å². The second-order valence-electron chi connectivity index (χ2n) is 5.26. The molecule has 0 fully saturated rings. The first-order valence-corrected chi connectivity index (χ1v) is 8.94. The zero-order valence-corrected chi connectivity index (χ0v) is 14.6. The zero-order chi connectivity index (χ0) is 17.1. The Bertz CT molecular complexity index is 983. The Hall–Kier alpha value is -2.57. The molecule has 2 heterocycles. The molecule has 0 radical (unpaired) electrons. The summed E-state index contributed by atoms with van der Waals surface area (Å²) in [5.41, 5.74) is 2.72. The molecular formula is C18H13ClN4OS. The van der Waals surface area contributed by atoms with E-state index in [1.165, 1.54) is 0 Å². The smallest absolute Gasteiger partial charge is 0.226 e. The Morgan fingerprint density at radius 3 is 2.80 bits per heavy atom. The van der Waals surface area contributed by atoms with Crippen LogP contribution in [0.4, 0.5) is 0 Å². The van der Waals surface area contributed by atoms with Gasteiger partial charge in [-0.1, -0.05) is 47.6 Å². The third kappa shape index (κ3) is 3.60. The van der Waals surface area contributed by atoms with Crippen LogP contribution < -0.4 is 0 Å². The van der Waals surface area contributed by atoms with E-state index in [2.05, 4.69) is 15.2 Å². The van der Waals surface area contributed by atoms with E-state index in [9.17, 15) is 0 Å². The molecule has 0 amide bonds. The first-order chi connectivity index (χ1) is 12.3. The molecule has 0 N–H and O–H groups in total. The van der Waals surface area contributed by atoms with Crippen molar-refractivity contribution in [3.63, 3.8) is 0 Å². The van der Waals surface area contributed by atoms with Crippen molar-refractivity contribution < 1.29 is 4.42 Å². The van der Waals surface area contributed by atoms with Crippen LogP contribution in [0.5, 0.6) is 0 Å². The van der Waals surface area contributed by atoms with Crippen LogP contribution in [0.15, 0.2) is 76.8 Å². The highest BCUT2D eigenvalue weighted by atomic mass is 35.5. The first-order valence-electron chi connectivity index (χ1n) is 7.58. The summed E-state index contributed by atoms with van der Waals surface area (Å²) in [6.45, 7) is 0. The Morgan fingerprint density at radius 2 is 1.96 bits per heavy atom. The summed E-state index contributed by atoms with van der Waals surface area (Å²) in [5.74, 6) is 1.19. The molecule has 2 aromatic carbocycles. The number of benzene rings is 2. The predicted octanol–water partition coefficient (Wildman–Crippen LogP) is 4.87. The Kier molecular flexibility index (Phi) is 4.54. The highest BCUT2D eigenvalue weighted by Crippen LogP contribution is 2.26. The lowest BCUT2D eigenvalue weighted by molar-refractivity contribution is 0.573. The van der Waals surface area contributed by atoms with E-state index < -0.39 is 0 Å². The molecule has 124 valence electrons. The van der Waals surface area contributed by atoms with Crippen molar-refractivity contribution in [2.75, 3.05) is 0 Å². The van der Waals surface area contributed by atoms with Crippen LogP contribution in [0.25, 0.3) is 17.1 Å². The predicted molar refractivity (Wildman–Crippen MR) is 97.9 cm³/mol. The summed E-state index contributed by atoms with van der Waals surface area (Å²) in [5, 5.41) is 9.65. The topological polar surface area (TPSA) is 56.7 Å². The van der Waals surface area contributed by atoms with E-state index in [1.54, 1.807) is 24.4 Å². The van der Waals surface area contributed by atoms with Crippen molar-refractivity contribution in [3.05, 3.63) is 77.9 Å². The van der Waals surface area contributed by atoms with Gasteiger partial charge in [-0.25, -0.2) is 4.98 Å². The highest BCUT2D eigenvalue weighted by molar-refractivity contribution is 7.98. The molecule has 0 atom stereocenters. The molecule has 0 spiro atoms. The number of rotatable bonds is 5. The quantitative estimate of drug-likeness (QED) is 0.470. The second kappa shape index (κ2) is 7.13. The molecule has 0 saturated carbocycles. The average molecular weight is 369 g/mol. The maximum Gasteiger partial charge on any atom is 0.226 e. The van der Waals surface area contributed by atoms with Crippen molar-refractivity contribution in [2.24, 2.45) is 0 Å². The number of oxazole rings is 1. The lowest BCUT2D eigenvalue weighted by Crippen LogP contribution is -1.94. The minimum Gasteiger partial charge on any atom is -0.444 e. The van der Waals surface area contributed by atoms with E-state index in [4.69, 9.17) is 16.0 Å². The van der Waals surface area contributed by atoms with Crippen LogP contribution in [0.1, 0.15) is 5.69 Å². The van der Waals surface area contributed by atoms with Crippen LogP contribution >= 0.6 is 23.4 Å². The monoisotopic (exact) mass is 368 g/mol. The molecular weight excluding hydrogens is 356 g/mol. The van der Waals surface area contributed by atoms with Crippen LogP contribution in [-0.4, -0.2) is 19.7 Å². The number of halogens is 1. The lowest BCUT2D eigenvalue weighted by atomic mass is 10.2. The fourth-order valence-electron chi connectivity index (χ4n) is 2.35. The van der Waals surface area contributed by atoms with Crippen molar-refractivity contribution in [1.29, 1.82) is 0 Å². The summed E-state index contributed by atoms with van der Waals surface area (Å²) in [7, 11) is 0. The van der Waals surface area contributed by atoms with Crippen molar-refractivity contribution in [1.82, 2.24) is 19.7 Å². The molecule has 0 aliphatic heterocycles. The number of hydrogen-bond acceptors (Lipinski definition) is 5. The van der Waals surface area contributed by atoms with Gasteiger partial charge in [0.05, 0.1) is 5.69 Å². The first kappa shape index (κ1) is 15.9. The molecule has 7 heteroatoms. The molecule has 4 rings (SSSR count). The normalized spacial score (nSPS) is 10.9. The summed E-state index contributed by atoms with van der Waals surface area (Å²) in [6.07, 6.45) is 3.37. The molecule has 2 aromatic heterocycles. The Morgan fingerprint density at radius 1 is 1.08 bits per heavy atom. The van der Waals surface area contributed by atoms with Gasteiger partial charge in [0.15, 0.2) is 5.16 Å². The van der Waals surface area contributed by atoms with E-state index in [1.807, 2.05) is 59.2 Å². The minimum absolute atomic E-state index is 0.558. The van der Waals surface area contributed by atoms with E-state index >= 15 is 0 Å². The Balaban J connectivity index is 1.49. The number of hydrogen-bond donors (Lipinski definition) is 0. The number of aromatic nitrogens is 4. The molecule has 0 bridgehead atoms. The van der Waals surface area contributed by atoms with Gasteiger partial charge in [-0.05, 0) is 30.3 Å². The van der Waals surface area contributed by atoms with Crippen LogP contribution in [0, 0.1) is 0 Å². The molecule has 25 heavy (non-hydrogen) atoms. The second-order valence-corrected chi connectivity index (χ2v) is 6.64. The van der Waals surface area contributed by atoms with Gasteiger partial charge >= 0.3 is 0 Å². The van der Waals surface area contributed by atoms with Gasteiger partial charge in [0.1, 0.15) is 12.6 Å². The summed E-state index contributed by atoms with van der Waals surface area (Å²) in [4.78, 5) is 4.52. The third-order valence-corrected chi connectivity index (χ3v) is 4.74. The van der Waals surface area contributed by atoms with Gasteiger partial charge in [-0.2, -0.15) is 0 Å². The summed E-state index contributed by atoms with van der Waals surface area (Å²) in [6, 6.07) is 17.4. The van der Waals surface area contributed by atoms with Crippen molar-refractivity contribution in [3.8, 4) is 17.1 Å². The molecule has 0 aliphatic carbocycles. The molecule has 5 nitrogen and oxygen atoms in total. The van der Waals surface area contributed by atoms with Gasteiger partial charge < -0.3 is 4.42 Å². The van der Waals surface area contributed by atoms with E-state index in [-0.39, 0.29) is 0 Å². The van der Waals surface area contributed by atoms with Gasteiger partial charge in [-0.15, -0.1) is 10.2 Å². The van der Waals surface area contributed by atoms with E-state index in [0.29, 0.717) is 16.7 Å². The maximum absolute atomic E-state index is 6.01. The van der Waals surface area contributed by atoms with Crippen LogP contribution in [0.2, 0.25) is 5.02 Å². The van der Waals surface area contributed by atoms with Gasteiger partial charge in [0.2, 0.25) is 5.89 Å². The number of para-hydroxylation sites is 1.